The van der Waals surface area contributed by atoms with Gasteiger partial charge in [0, 0.05) is 35.3 Å². The van der Waals surface area contributed by atoms with E-state index in [2.05, 4.69) is 15.4 Å². The maximum atomic E-state index is 12.6. The fraction of sp³-hybridized carbons (Fsp3) is 0.217. The zero-order valence-electron chi connectivity index (χ0n) is 17.8. The van der Waals surface area contributed by atoms with Crippen LogP contribution >= 0.6 is 11.3 Å². The lowest BCUT2D eigenvalue weighted by Crippen LogP contribution is -2.25. The molecule has 7 nitrogen and oxygen atoms in total. The highest BCUT2D eigenvalue weighted by Crippen LogP contribution is 2.20. The van der Waals surface area contributed by atoms with E-state index in [9.17, 15) is 18.0 Å². The first-order valence-corrected chi connectivity index (χ1v) is 12.5. The Bertz CT molecular complexity index is 1190. The molecular weight excluding hydrogens is 446 g/mol. The number of aryl methyl sites for hydroxylation is 2. The minimum atomic E-state index is -3.73. The summed E-state index contributed by atoms with van der Waals surface area (Å²) >= 11 is 1.45. The molecule has 9 heteroatoms. The van der Waals surface area contributed by atoms with Gasteiger partial charge >= 0.3 is 0 Å². The summed E-state index contributed by atoms with van der Waals surface area (Å²) in [7, 11) is -3.73. The van der Waals surface area contributed by atoms with Crippen molar-refractivity contribution >= 4 is 44.5 Å². The number of benzene rings is 2. The number of carbonyl (C=O) groups excluding carboxylic acids is 2. The first kappa shape index (κ1) is 23.5. The predicted octanol–water partition coefficient (Wildman–Crippen LogP) is 4.31. The molecule has 0 aliphatic heterocycles. The molecule has 2 aromatic carbocycles. The van der Waals surface area contributed by atoms with Crippen molar-refractivity contribution in [3.8, 4) is 0 Å². The van der Waals surface area contributed by atoms with E-state index in [-0.39, 0.29) is 23.1 Å². The third kappa shape index (κ3) is 6.41. The quantitative estimate of drug-likeness (QED) is 0.404. The minimum absolute atomic E-state index is 0.102. The van der Waals surface area contributed by atoms with Gasteiger partial charge in [-0.3, -0.25) is 14.3 Å². The van der Waals surface area contributed by atoms with Gasteiger partial charge < -0.3 is 10.6 Å². The molecule has 2 amide bonds. The van der Waals surface area contributed by atoms with Crippen molar-refractivity contribution in [1.82, 2.24) is 5.32 Å². The standard InChI is InChI=1S/C23H25N3O4S2/c1-16-5-6-20(14-17(16)2)26-32(29,30)21-9-7-19(8-10-21)25-22(27)4-3-12-24-23(28)18-11-13-31-15-18/h5-11,13-15,26H,3-4,12H2,1-2H3,(H,24,28)(H,25,27). The van der Waals surface area contributed by atoms with Crippen molar-refractivity contribution in [1.29, 1.82) is 0 Å². The summed E-state index contributed by atoms with van der Waals surface area (Å²) in [6.45, 7) is 4.27. The van der Waals surface area contributed by atoms with Gasteiger partial charge in [-0.25, -0.2) is 8.42 Å². The molecule has 0 saturated carbocycles. The van der Waals surface area contributed by atoms with Gasteiger partial charge in [0.15, 0.2) is 0 Å². The molecule has 0 aliphatic rings. The highest BCUT2D eigenvalue weighted by atomic mass is 32.2. The largest absolute Gasteiger partial charge is 0.352 e. The topological polar surface area (TPSA) is 104 Å². The molecule has 3 N–H and O–H groups in total. The van der Waals surface area contributed by atoms with Crippen LogP contribution in [0.5, 0.6) is 0 Å². The van der Waals surface area contributed by atoms with Crippen molar-refractivity contribution in [2.45, 2.75) is 31.6 Å². The fourth-order valence-corrected chi connectivity index (χ4v) is 4.59. The van der Waals surface area contributed by atoms with E-state index in [0.717, 1.165) is 11.1 Å². The van der Waals surface area contributed by atoms with E-state index in [1.807, 2.05) is 25.3 Å². The molecule has 0 atom stereocenters. The Morgan fingerprint density at radius 1 is 0.938 bits per heavy atom. The first-order chi connectivity index (χ1) is 15.2. The van der Waals surface area contributed by atoms with Crippen LogP contribution in [0.25, 0.3) is 0 Å². The van der Waals surface area contributed by atoms with Gasteiger partial charge in [0.1, 0.15) is 0 Å². The summed E-state index contributed by atoms with van der Waals surface area (Å²) in [5.74, 6) is -0.364. The Morgan fingerprint density at radius 3 is 2.31 bits per heavy atom. The molecule has 3 aromatic rings. The summed E-state index contributed by atoms with van der Waals surface area (Å²) in [5, 5.41) is 9.10. The smallest absolute Gasteiger partial charge is 0.261 e. The van der Waals surface area contributed by atoms with Crippen LogP contribution in [0.3, 0.4) is 0 Å². The second kappa shape index (κ2) is 10.4. The van der Waals surface area contributed by atoms with Gasteiger partial charge in [0.2, 0.25) is 5.91 Å². The van der Waals surface area contributed by atoms with Crippen LogP contribution in [0.4, 0.5) is 11.4 Å². The zero-order valence-corrected chi connectivity index (χ0v) is 19.5. The molecule has 1 aromatic heterocycles. The van der Waals surface area contributed by atoms with Crippen molar-refractivity contribution in [2.75, 3.05) is 16.6 Å². The number of thiophene rings is 1. The van der Waals surface area contributed by atoms with Crippen molar-refractivity contribution in [3.05, 3.63) is 76.0 Å². The van der Waals surface area contributed by atoms with Gasteiger partial charge in [-0.1, -0.05) is 6.07 Å². The van der Waals surface area contributed by atoms with Crippen LogP contribution < -0.4 is 15.4 Å². The highest BCUT2D eigenvalue weighted by molar-refractivity contribution is 7.92. The number of hydrogen-bond donors (Lipinski definition) is 3. The number of hydrogen-bond acceptors (Lipinski definition) is 5. The van der Waals surface area contributed by atoms with Crippen LogP contribution in [0.2, 0.25) is 0 Å². The number of sulfonamides is 1. The summed E-state index contributed by atoms with van der Waals surface area (Å²) in [6, 6.07) is 13.1. The van der Waals surface area contributed by atoms with Gasteiger partial charge in [-0.05, 0) is 79.2 Å². The number of anilines is 2. The Kier molecular flexibility index (Phi) is 7.66. The van der Waals surface area contributed by atoms with E-state index in [1.165, 1.54) is 23.5 Å². The minimum Gasteiger partial charge on any atom is -0.352 e. The van der Waals surface area contributed by atoms with E-state index in [0.29, 0.717) is 29.9 Å². The SMILES string of the molecule is Cc1ccc(NS(=O)(=O)c2ccc(NC(=O)CCCNC(=O)c3ccsc3)cc2)cc1C. The molecule has 0 fully saturated rings. The van der Waals surface area contributed by atoms with Crippen molar-refractivity contribution in [3.63, 3.8) is 0 Å². The van der Waals surface area contributed by atoms with Crippen LogP contribution in [0.1, 0.15) is 34.3 Å². The van der Waals surface area contributed by atoms with Crippen LogP contribution in [-0.2, 0) is 14.8 Å². The average molecular weight is 472 g/mol. The molecule has 0 unspecified atom stereocenters. The van der Waals surface area contributed by atoms with Crippen molar-refractivity contribution in [2.24, 2.45) is 0 Å². The van der Waals surface area contributed by atoms with Crippen LogP contribution in [0, 0.1) is 13.8 Å². The number of nitrogens with one attached hydrogen (secondary N) is 3. The third-order valence-corrected chi connectivity index (χ3v) is 6.94. The Labute approximate surface area is 191 Å². The monoisotopic (exact) mass is 471 g/mol. The van der Waals surface area contributed by atoms with E-state index < -0.39 is 10.0 Å². The Morgan fingerprint density at radius 2 is 1.66 bits per heavy atom. The van der Waals surface area contributed by atoms with Crippen LogP contribution in [0.15, 0.2) is 64.2 Å². The predicted molar refractivity (Wildman–Crippen MR) is 128 cm³/mol. The molecule has 0 radical (unpaired) electrons. The third-order valence-electron chi connectivity index (χ3n) is 4.86. The van der Waals surface area contributed by atoms with E-state index in [4.69, 9.17) is 0 Å². The average Bonchev–Trinajstić information content (AvgIpc) is 3.29. The van der Waals surface area contributed by atoms with Gasteiger partial charge in [0.25, 0.3) is 15.9 Å². The number of amides is 2. The molecular formula is C23H25N3O4S2. The molecule has 0 spiro atoms. The van der Waals surface area contributed by atoms with Gasteiger partial charge in [-0.2, -0.15) is 11.3 Å². The van der Waals surface area contributed by atoms with Gasteiger partial charge in [0.05, 0.1) is 4.90 Å². The molecule has 0 saturated heterocycles. The molecule has 0 aliphatic carbocycles. The molecule has 0 bridgehead atoms. The maximum Gasteiger partial charge on any atom is 0.261 e. The van der Waals surface area contributed by atoms with E-state index in [1.54, 1.807) is 35.7 Å². The summed E-state index contributed by atoms with van der Waals surface area (Å²) in [6.07, 6.45) is 0.729. The zero-order chi connectivity index (χ0) is 23.1. The highest BCUT2D eigenvalue weighted by Gasteiger charge is 2.15. The molecule has 168 valence electrons. The number of carbonyl (C=O) groups is 2. The van der Waals surface area contributed by atoms with E-state index >= 15 is 0 Å². The number of rotatable bonds is 9. The van der Waals surface area contributed by atoms with Crippen molar-refractivity contribution < 1.29 is 18.0 Å². The summed E-state index contributed by atoms with van der Waals surface area (Å²) in [5.41, 5.74) is 3.69. The Hall–Kier alpha value is -3.17. The second-order valence-electron chi connectivity index (χ2n) is 7.35. The van der Waals surface area contributed by atoms with Crippen LogP contribution in [-0.4, -0.2) is 26.8 Å². The fourth-order valence-electron chi connectivity index (χ4n) is 2.91. The first-order valence-electron chi connectivity index (χ1n) is 10.0. The Balaban J connectivity index is 1.48. The normalized spacial score (nSPS) is 11.1. The summed E-state index contributed by atoms with van der Waals surface area (Å²) < 4.78 is 27.8. The lowest BCUT2D eigenvalue weighted by atomic mass is 10.1. The summed E-state index contributed by atoms with van der Waals surface area (Å²) in [4.78, 5) is 24.1. The molecule has 3 rings (SSSR count). The maximum absolute atomic E-state index is 12.6. The molecule has 32 heavy (non-hydrogen) atoms. The lowest BCUT2D eigenvalue weighted by Gasteiger charge is -2.11. The lowest BCUT2D eigenvalue weighted by molar-refractivity contribution is -0.116. The van der Waals surface area contributed by atoms with Gasteiger partial charge in [-0.15, -0.1) is 0 Å². The second-order valence-corrected chi connectivity index (χ2v) is 9.81. The molecule has 1 heterocycles.